The predicted molar refractivity (Wildman–Crippen MR) is 62.4 cm³/mol. The highest BCUT2D eigenvalue weighted by Crippen LogP contribution is 2.40. The van der Waals surface area contributed by atoms with Crippen molar-refractivity contribution in [2.45, 2.75) is 57.7 Å². The molecule has 2 heterocycles. The second kappa shape index (κ2) is 4.63. The van der Waals surface area contributed by atoms with Crippen LogP contribution in [0.4, 0.5) is 0 Å². The first-order valence-electron chi connectivity index (χ1n) is 6.42. The van der Waals surface area contributed by atoms with E-state index in [2.05, 4.69) is 13.8 Å². The Balaban J connectivity index is 1.91. The molecule has 0 saturated carbocycles. The minimum absolute atomic E-state index is 0.0342. The summed E-state index contributed by atoms with van der Waals surface area (Å²) in [7, 11) is 0. The molecular weight excluding hydrogens is 204 g/mol. The summed E-state index contributed by atoms with van der Waals surface area (Å²) in [5.74, 6) is 0. The molecule has 0 aromatic heterocycles. The van der Waals surface area contributed by atoms with E-state index in [4.69, 9.17) is 9.47 Å². The van der Waals surface area contributed by atoms with Gasteiger partial charge in [-0.05, 0) is 46.0 Å². The molecule has 0 amide bonds. The van der Waals surface area contributed by atoms with Crippen molar-refractivity contribution in [3.63, 3.8) is 0 Å². The maximum atomic E-state index is 9.62. The molecule has 2 aliphatic rings. The van der Waals surface area contributed by atoms with E-state index < -0.39 is 0 Å². The zero-order valence-corrected chi connectivity index (χ0v) is 10.5. The number of ether oxygens (including phenoxy) is 2. The second-order valence-corrected chi connectivity index (χ2v) is 6.01. The minimum atomic E-state index is 0.0342. The van der Waals surface area contributed by atoms with Gasteiger partial charge in [0.1, 0.15) is 0 Å². The van der Waals surface area contributed by atoms with Gasteiger partial charge in [-0.15, -0.1) is 0 Å². The van der Waals surface area contributed by atoms with Crippen LogP contribution in [0.3, 0.4) is 0 Å². The fraction of sp³-hybridized carbons (Fsp3) is 1.00. The molecule has 2 rings (SSSR count). The van der Waals surface area contributed by atoms with Crippen molar-refractivity contribution in [3.8, 4) is 0 Å². The second-order valence-electron chi connectivity index (χ2n) is 6.01. The highest BCUT2D eigenvalue weighted by Gasteiger charge is 2.39. The zero-order chi connectivity index (χ0) is 11.6. The zero-order valence-electron chi connectivity index (χ0n) is 10.5. The minimum Gasteiger partial charge on any atom is -0.396 e. The third-order valence-corrected chi connectivity index (χ3v) is 4.10. The Labute approximate surface area is 98.1 Å². The molecule has 2 aliphatic heterocycles. The Bertz CT molecular complexity index is 231. The fourth-order valence-electron chi connectivity index (χ4n) is 2.94. The van der Waals surface area contributed by atoms with Gasteiger partial charge < -0.3 is 14.6 Å². The topological polar surface area (TPSA) is 38.7 Å². The standard InChI is InChI=1S/C13H24O3/c1-12(2)4-3-11(16-12)9-13(10-14)5-7-15-8-6-13/h11,14H,3-10H2,1-2H3. The summed E-state index contributed by atoms with van der Waals surface area (Å²) in [6.45, 7) is 6.16. The highest BCUT2D eigenvalue weighted by molar-refractivity contribution is 4.89. The summed E-state index contributed by atoms with van der Waals surface area (Å²) in [5.41, 5.74) is 0.0931. The monoisotopic (exact) mass is 228 g/mol. The summed E-state index contributed by atoms with van der Waals surface area (Å²) < 4.78 is 11.4. The summed E-state index contributed by atoms with van der Waals surface area (Å²) in [4.78, 5) is 0. The molecule has 3 heteroatoms. The van der Waals surface area contributed by atoms with Crippen molar-refractivity contribution in [2.24, 2.45) is 5.41 Å². The number of hydrogen-bond acceptors (Lipinski definition) is 3. The molecule has 0 aliphatic carbocycles. The molecule has 16 heavy (non-hydrogen) atoms. The van der Waals surface area contributed by atoms with E-state index in [-0.39, 0.29) is 17.6 Å². The van der Waals surface area contributed by atoms with Crippen molar-refractivity contribution in [1.82, 2.24) is 0 Å². The first kappa shape index (κ1) is 12.3. The number of aliphatic hydroxyl groups excluding tert-OH is 1. The van der Waals surface area contributed by atoms with Crippen molar-refractivity contribution >= 4 is 0 Å². The highest BCUT2D eigenvalue weighted by atomic mass is 16.5. The Morgan fingerprint density at radius 3 is 2.38 bits per heavy atom. The van der Waals surface area contributed by atoms with Crippen LogP contribution in [0.1, 0.15) is 46.0 Å². The molecule has 0 radical (unpaired) electrons. The van der Waals surface area contributed by atoms with E-state index >= 15 is 0 Å². The van der Waals surface area contributed by atoms with Crippen molar-refractivity contribution < 1.29 is 14.6 Å². The third kappa shape index (κ3) is 2.76. The Hall–Kier alpha value is -0.120. The summed E-state index contributed by atoms with van der Waals surface area (Å²) in [6.07, 6.45) is 5.55. The quantitative estimate of drug-likeness (QED) is 0.804. The Morgan fingerprint density at radius 2 is 1.88 bits per heavy atom. The van der Waals surface area contributed by atoms with Crippen LogP contribution in [-0.2, 0) is 9.47 Å². The van der Waals surface area contributed by atoms with Gasteiger partial charge in [-0.2, -0.15) is 0 Å². The van der Waals surface area contributed by atoms with Gasteiger partial charge in [0.15, 0.2) is 0 Å². The lowest BCUT2D eigenvalue weighted by Crippen LogP contribution is -2.36. The third-order valence-electron chi connectivity index (χ3n) is 4.10. The molecule has 1 atom stereocenters. The molecule has 2 saturated heterocycles. The number of aliphatic hydroxyl groups is 1. The van der Waals surface area contributed by atoms with Crippen LogP contribution in [0, 0.1) is 5.41 Å². The summed E-state index contributed by atoms with van der Waals surface area (Å²) in [6, 6.07) is 0. The van der Waals surface area contributed by atoms with Gasteiger partial charge in [0, 0.05) is 25.2 Å². The SMILES string of the molecule is CC1(C)CCC(CC2(CO)CCOCC2)O1. The average molecular weight is 228 g/mol. The van der Waals surface area contributed by atoms with E-state index in [1.54, 1.807) is 0 Å². The van der Waals surface area contributed by atoms with Crippen LogP contribution in [0.25, 0.3) is 0 Å². The maximum Gasteiger partial charge on any atom is 0.0631 e. The molecule has 94 valence electrons. The van der Waals surface area contributed by atoms with E-state index in [1.165, 1.54) is 0 Å². The van der Waals surface area contributed by atoms with Gasteiger partial charge in [0.25, 0.3) is 0 Å². The molecule has 0 aromatic carbocycles. The molecule has 0 spiro atoms. The van der Waals surface area contributed by atoms with E-state index in [9.17, 15) is 5.11 Å². The van der Waals surface area contributed by atoms with Crippen molar-refractivity contribution in [2.75, 3.05) is 19.8 Å². The van der Waals surface area contributed by atoms with Gasteiger partial charge in [0.05, 0.1) is 11.7 Å². The van der Waals surface area contributed by atoms with Crippen LogP contribution >= 0.6 is 0 Å². The largest absolute Gasteiger partial charge is 0.396 e. The predicted octanol–water partition coefficient (Wildman–Crippen LogP) is 2.12. The van der Waals surface area contributed by atoms with Crippen LogP contribution in [0.15, 0.2) is 0 Å². The van der Waals surface area contributed by atoms with E-state index in [1.807, 2.05) is 0 Å². The molecule has 2 fully saturated rings. The molecule has 3 nitrogen and oxygen atoms in total. The first-order valence-corrected chi connectivity index (χ1v) is 6.42. The van der Waals surface area contributed by atoms with Crippen LogP contribution in [-0.4, -0.2) is 36.6 Å². The molecule has 0 bridgehead atoms. The lowest BCUT2D eigenvalue weighted by atomic mass is 9.76. The van der Waals surface area contributed by atoms with E-state index in [0.29, 0.717) is 6.10 Å². The molecule has 1 unspecified atom stereocenters. The van der Waals surface area contributed by atoms with E-state index in [0.717, 1.165) is 45.3 Å². The van der Waals surface area contributed by atoms with Crippen molar-refractivity contribution in [1.29, 1.82) is 0 Å². The van der Waals surface area contributed by atoms with Gasteiger partial charge in [-0.25, -0.2) is 0 Å². The number of rotatable bonds is 3. The van der Waals surface area contributed by atoms with Crippen molar-refractivity contribution in [3.05, 3.63) is 0 Å². The Kier molecular flexibility index (Phi) is 3.57. The Morgan fingerprint density at radius 1 is 1.19 bits per heavy atom. The van der Waals surface area contributed by atoms with Gasteiger partial charge >= 0.3 is 0 Å². The fourth-order valence-corrected chi connectivity index (χ4v) is 2.94. The lowest BCUT2D eigenvalue weighted by Gasteiger charge is -2.37. The first-order chi connectivity index (χ1) is 7.55. The van der Waals surface area contributed by atoms with Gasteiger partial charge in [-0.1, -0.05) is 0 Å². The summed E-state index contributed by atoms with van der Waals surface area (Å²) in [5, 5.41) is 9.62. The molecule has 1 N–H and O–H groups in total. The smallest absolute Gasteiger partial charge is 0.0631 e. The average Bonchev–Trinajstić information content (AvgIpc) is 2.59. The number of hydrogen-bond donors (Lipinski definition) is 1. The van der Waals surface area contributed by atoms with Crippen LogP contribution < -0.4 is 0 Å². The molecule has 0 aromatic rings. The normalized spacial score (nSPS) is 32.8. The van der Waals surface area contributed by atoms with Gasteiger partial charge in [0.2, 0.25) is 0 Å². The lowest BCUT2D eigenvalue weighted by molar-refractivity contribution is -0.0738. The maximum absolute atomic E-state index is 9.62. The van der Waals surface area contributed by atoms with Gasteiger partial charge in [-0.3, -0.25) is 0 Å². The summed E-state index contributed by atoms with van der Waals surface area (Å²) >= 11 is 0. The molecular formula is C13H24O3. The van der Waals surface area contributed by atoms with Crippen LogP contribution in [0.5, 0.6) is 0 Å². The van der Waals surface area contributed by atoms with Crippen LogP contribution in [0.2, 0.25) is 0 Å².